The highest BCUT2D eigenvalue weighted by Gasteiger charge is 2.32. The van der Waals surface area contributed by atoms with E-state index in [9.17, 15) is 9.59 Å². The van der Waals surface area contributed by atoms with Gasteiger partial charge in [0.15, 0.2) is 11.5 Å². The van der Waals surface area contributed by atoms with Crippen LogP contribution in [0.3, 0.4) is 0 Å². The van der Waals surface area contributed by atoms with Gasteiger partial charge in [-0.15, -0.1) is 0 Å². The van der Waals surface area contributed by atoms with Gasteiger partial charge in [-0.25, -0.2) is 4.68 Å². The minimum atomic E-state index is -0.547. The van der Waals surface area contributed by atoms with Crippen molar-refractivity contribution >= 4 is 23.4 Å². The van der Waals surface area contributed by atoms with Crippen LogP contribution in [0.1, 0.15) is 17.4 Å². The first kappa shape index (κ1) is 17.4. The largest absolute Gasteiger partial charge is 0.463 e. The van der Waals surface area contributed by atoms with Crippen LogP contribution in [0.5, 0.6) is 0 Å². The lowest BCUT2D eigenvalue weighted by Crippen LogP contribution is -2.55. The minimum Gasteiger partial charge on any atom is -0.463 e. The number of piperazine rings is 1. The van der Waals surface area contributed by atoms with Crippen molar-refractivity contribution in [2.75, 3.05) is 13.1 Å². The fourth-order valence-electron chi connectivity index (χ4n) is 3.10. The van der Waals surface area contributed by atoms with E-state index in [2.05, 4.69) is 10.4 Å². The SMILES string of the molecule is CC1C(=O)NCCN1C(=O)c1cc(-c2ccco2)n(-c2cccc(Cl)c2)n1. The molecule has 0 saturated carbocycles. The number of rotatable bonds is 3. The number of hydrogen-bond donors (Lipinski definition) is 1. The Morgan fingerprint density at radius 2 is 2.15 bits per heavy atom. The molecule has 7 nitrogen and oxygen atoms in total. The van der Waals surface area contributed by atoms with E-state index in [0.717, 1.165) is 0 Å². The van der Waals surface area contributed by atoms with E-state index in [-0.39, 0.29) is 17.5 Å². The van der Waals surface area contributed by atoms with Crippen LogP contribution >= 0.6 is 11.6 Å². The van der Waals surface area contributed by atoms with Gasteiger partial charge in [0.25, 0.3) is 5.91 Å². The maximum atomic E-state index is 13.0. The van der Waals surface area contributed by atoms with Crippen molar-refractivity contribution < 1.29 is 14.0 Å². The van der Waals surface area contributed by atoms with Crippen LogP contribution in [0, 0.1) is 0 Å². The van der Waals surface area contributed by atoms with Gasteiger partial charge in [0, 0.05) is 24.2 Å². The summed E-state index contributed by atoms with van der Waals surface area (Å²) in [5, 5.41) is 7.80. The molecule has 0 radical (unpaired) electrons. The van der Waals surface area contributed by atoms with Gasteiger partial charge in [-0.2, -0.15) is 5.10 Å². The lowest BCUT2D eigenvalue weighted by molar-refractivity contribution is -0.127. The second-order valence-corrected chi connectivity index (χ2v) is 6.69. The fourth-order valence-corrected chi connectivity index (χ4v) is 3.28. The third-order valence-corrected chi connectivity index (χ3v) is 4.75. The van der Waals surface area contributed by atoms with Crippen molar-refractivity contribution in [1.29, 1.82) is 0 Å². The molecule has 27 heavy (non-hydrogen) atoms. The van der Waals surface area contributed by atoms with E-state index in [4.69, 9.17) is 16.0 Å². The molecule has 2 aromatic heterocycles. The van der Waals surface area contributed by atoms with Crippen LogP contribution in [0.2, 0.25) is 5.02 Å². The number of amides is 2. The maximum absolute atomic E-state index is 13.0. The minimum absolute atomic E-state index is 0.171. The Balaban J connectivity index is 1.78. The molecule has 3 heterocycles. The summed E-state index contributed by atoms with van der Waals surface area (Å²) < 4.78 is 7.12. The summed E-state index contributed by atoms with van der Waals surface area (Å²) in [7, 11) is 0. The second-order valence-electron chi connectivity index (χ2n) is 6.25. The highest BCUT2D eigenvalue weighted by molar-refractivity contribution is 6.30. The molecule has 1 unspecified atom stereocenters. The molecule has 1 atom stereocenters. The fraction of sp³-hybridized carbons (Fsp3) is 0.211. The number of nitrogens with zero attached hydrogens (tertiary/aromatic N) is 3. The molecule has 1 aliphatic rings. The molecule has 8 heteroatoms. The third kappa shape index (κ3) is 3.21. The molecule has 0 spiro atoms. The summed E-state index contributed by atoms with van der Waals surface area (Å²) >= 11 is 6.11. The second kappa shape index (κ2) is 6.92. The average molecular weight is 385 g/mol. The predicted molar refractivity (Wildman–Crippen MR) is 99.8 cm³/mol. The Kier molecular flexibility index (Phi) is 4.45. The monoisotopic (exact) mass is 384 g/mol. The number of halogens is 1. The number of carbonyl (C=O) groups is 2. The van der Waals surface area contributed by atoms with Crippen LogP contribution in [-0.4, -0.2) is 45.6 Å². The van der Waals surface area contributed by atoms with Crippen LogP contribution < -0.4 is 5.32 Å². The first-order valence-electron chi connectivity index (χ1n) is 8.53. The molecule has 138 valence electrons. The van der Waals surface area contributed by atoms with Gasteiger partial charge in [0.1, 0.15) is 11.7 Å². The van der Waals surface area contributed by atoms with Gasteiger partial charge < -0.3 is 14.6 Å². The van der Waals surface area contributed by atoms with Gasteiger partial charge in [-0.3, -0.25) is 9.59 Å². The van der Waals surface area contributed by atoms with Gasteiger partial charge >= 0.3 is 0 Å². The van der Waals surface area contributed by atoms with Gasteiger partial charge in [0.2, 0.25) is 5.91 Å². The van der Waals surface area contributed by atoms with E-state index >= 15 is 0 Å². The van der Waals surface area contributed by atoms with Gasteiger partial charge in [0.05, 0.1) is 12.0 Å². The van der Waals surface area contributed by atoms with Gasteiger partial charge in [-0.1, -0.05) is 17.7 Å². The lowest BCUT2D eigenvalue weighted by atomic mass is 10.2. The molecular weight excluding hydrogens is 368 g/mol. The number of benzene rings is 1. The molecular formula is C19H17ClN4O3. The quantitative estimate of drug-likeness (QED) is 0.753. The summed E-state index contributed by atoms with van der Waals surface area (Å²) in [4.78, 5) is 26.4. The normalized spacial score (nSPS) is 17.0. The lowest BCUT2D eigenvalue weighted by Gasteiger charge is -2.32. The maximum Gasteiger partial charge on any atom is 0.275 e. The van der Waals surface area contributed by atoms with Crippen molar-refractivity contribution in [3.8, 4) is 17.1 Å². The van der Waals surface area contributed by atoms with Crippen LogP contribution in [0.25, 0.3) is 17.1 Å². The van der Waals surface area contributed by atoms with Crippen molar-refractivity contribution in [2.45, 2.75) is 13.0 Å². The molecule has 4 rings (SSSR count). The Morgan fingerprint density at radius 1 is 1.30 bits per heavy atom. The Labute approximate surface area is 160 Å². The zero-order valence-electron chi connectivity index (χ0n) is 14.6. The predicted octanol–water partition coefficient (Wildman–Crippen LogP) is 2.75. The summed E-state index contributed by atoms with van der Waals surface area (Å²) in [6, 6.07) is 11.9. The molecule has 1 aliphatic heterocycles. The Bertz CT molecular complexity index is 996. The zero-order valence-corrected chi connectivity index (χ0v) is 15.3. The first-order valence-corrected chi connectivity index (χ1v) is 8.91. The smallest absolute Gasteiger partial charge is 0.275 e. The average Bonchev–Trinajstić information content (AvgIpc) is 3.33. The van der Waals surface area contributed by atoms with E-state index in [1.54, 1.807) is 48.2 Å². The highest BCUT2D eigenvalue weighted by atomic mass is 35.5. The van der Waals surface area contributed by atoms with Crippen molar-refractivity contribution in [2.24, 2.45) is 0 Å². The number of furan rings is 1. The summed E-state index contributed by atoms with van der Waals surface area (Å²) in [5.41, 5.74) is 1.57. The number of nitrogens with one attached hydrogen (secondary N) is 1. The van der Waals surface area contributed by atoms with Crippen molar-refractivity contribution in [3.05, 3.63) is 59.4 Å². The highest BCUT2D eigenvalue weighted by Crippen LogP contribution is 2.26. The first-order chi connectivity index (χ1) is 13.0. The van der Waals surface area contributed by atoms with Gasteiger partial charge in [-0.05, 0) is 37.3 Å². The van der Waals surface area contributed by atoms with Crippen LogP contribution in [0.4, 0.5) is 0 Å². The zero-order chi connectivity index (χ0) is 19.0. The summed E-state index contributed by atoms with van der Waals surface area (Å²) in [6.07, 6.45) is 1.56. The topological polar surface area (TPSA) is 80.4 Å². The molecule has 1 N–H and O–H groups in total. The summed E-state index contributed by atoms with van der Waals surface area (Å²) in [6.45, 7) is 2.56. The van der Waals surface area contributed by atoms with Crippen LogP contribution in [0.15, 0.2) is 53.1 Å². The Hall–Kier alpha value is -3.06. The molecule has 0 aliphatic carbocycles. The molecule has 1 saturated heterocycles. The third-order valence-electron chi connectivity index (χ3n) is 4.51. The Morgan fingerprint density at radius 3 is 2.89 bits per heavy atom. The van der Waals surface area contributed by atoms with Crippen LogP contribution in [-0.2, 0) is 4.79 Å². The van der Waals surface area contributed by atoms with Crippen molar-refractivity contribution in [1.82, 2.24) is 20.0 Å². The number of hydrogen-bond acceptors (Lipinski definition) is 4. The molecule has 2 amide bonds. The van der Waals surface area contributed by atoms with Crippen molar-refractivity contribution in [3.63, 3.8) is 0 Å². The summed E-state index contributed by atoms with van der Waals surface area (Å²) in [5.74, 6) is 0.104. The number of carbonyl (C=O) groups excluding carboxylic acids is 2. The van der Waals surface area contributed by atoms with E-state index in [0.29, 0.717) is 35.3 Å². The molecule has 0 bridgehead atoms. The molecule has 1 fully saturated rings. The van der Waals surface area contributed by atoms with E-state index < -0.39 is 6.04 Å². The van der Waals surface area contributed by atoms with E-state index in [1.165, 1.54) is 4.90 Å². The van der Waals surface area contributed by atoms with E-state index in [1.807, 2.05) is 12.1 Å². The molecule has 1 aromatic carbocycles. The molecule has 3 aromatic rings. The standard InChI is InChI=1S/C19H17ClN4O3/c1-12-18(25)21-7-8-23(12)19(26)15-11-16(17-6-3-9-27-17)24(22-15)14-5-2-4-13(20)10-14/h2-6,9-12H,7-8H2,1H3,(H,21,25). The number of aromatic nitrogens is 2.